The third kappa shape index (κ3) is 3.08. The molecule has 0 radical (unpaired) electrons. The summed E-state index contributed by atoms with van der Waals surface area (Å²) in [7, 11) is 0. The van der Waals surface area contributed by atoms with Crippen molar-refractivity contribution in [1.29, 1.82) is 0 Å². The zero-order valence-corrected chi connectivity index (χ0v) is 8.50. The van der Waals surface area contributed by atoms with Crippen LogP contribution in [0.15, 0.2) is 0 Å². The Morgan fingerprint density at radius 3 is 1.38 bits per heavy atom. The molecule has 0 saturated heterocycles. The molecule has 0 unspecified atom stereocenters. The fourth-order valence-electron chi connectivity index (χ4n) is 0.304. The minimum Gasteiger partial charge on any atom is -0.0925 e. The minimum absolute atomic E-state index is 0.786. The van der Waals surface area contributed by atoms with Gasteiger partial charge in [-0.05, 0) is 11.8 Å². The molecule has 0 aromatic carbocycles. The quantitative estimate of drug-likeness (QED) is 0.669. The monoisotopic (exact) mass is 242 g/mol. The van der Waals surface area contributed by atoms with E-state index in [1.807, 2.05) is 0 Å². The third-order valence-electron chi connectivity index (χ3n) is 1.46. The van der Waals surface area contributed by atoms with Crippen LogP contribution in [0, 0.1) is 11.8 Å². The molecular weight excluding hydrogens is 232 g/mol. The molecule has 0 saturated carbocycles. The van der Waals surface area contributed by atoms with E-state index >= 15 is 0 Å². The Balaban J connectivity index is 3.29. The van der Waals surface area contributed by atoms with Crippen LogP contribution < -0.4 is 0 Å². The lowest BCUT2D eigenvalue weighted by atomic mass is 10.0. The van der Waals surface area contributed by atoms with Gasteiger partial charge in [-0.15, -0.1) is 0 Å². The molecule has 0 spiro atoms. The van der Waals surface area contributed by atoms with Crippen LogP contribution >= 0.6 is 31.9 Å². The molecular formula is C6H12Br2. The van der Waals surface area contributed by atoms with E-state index in [1.54, 1.807) is 0 Å². The lowest BCUT2D eigenvalue weighted by molar-refractivity contribution is 0.477. The molecule has 0 amide bonds. The maximum atomic E-state index is 3.44. The van der Waals surface area contributed by atoms with Crippen molar-refractivity contribution in [1.82, 2.24) is 0 Å². The SMILES string of the molecule is C[C@@H](CBr)[C@@H](C)CBr. The van der Waals surface area contributed by atoms with Gasteiger partial charge in [-0.25, -0.2) is 0 Å². The fourth-order valence-corrected chi connectivity index (χ4v) is 1.58. The van der Waals surface area contributed by atoms with Crippen LogP contribution in [0.25, 0.3) is 0 Å². The Hall–Kier alpha value is 0.960. The Kier molecular flexibility index (Phi) is 5.38. The van der Waals surface area contributed by atoms with E-state index in [-0.39, 0.29) is 0 Å². The summed E-state index contributed by atoms with van der Waals surface area (Å²) in [6.07, 6.45) is 0. The zero-order valence-electron chi connectivity index (χ0n) is 5.32. The topological polar surface area (TPSA) is 0 Å². The molecule has 0 aliphatic carbocycles. The summed E-state index contributed by atoms with van der Waals surface area (Å²) < 4.78 is 0. The number of rotatable bonds is 3. The van der Waals surface area contributed by atoms with Crippen molar-refractivity contribution in [2.24, 2.45) is 11.8 Å². The van der Waals surface area contributed by atoms with E-state index in [0.29, 0.717) is 0 Å². The van der Waals surface area contributed by atoms with Gasteiger partial charge >= 0.3 is 0 Å². The molecule has 2 atom stereocenters. The molecule has 0 nitrogen and oxygen atoms in total. The van der Waals surface area contributed by atoms with Crippen molar-refractivity contribution in [3.8, 4) is 0 Å². The first-order chi connectivity index (χ1) is 3.72. The normalized spacial score (nSPS) is 18.0. The third-order valence-corrected chi connectivity index (χ3v) is 3.50. The molecule has 0 fully saturated rings. The molecule has 50 valence electrons. The van der Waals surface area contributed by atoms with E-state index in [2.05, 4.69) is 45.7 Å². The van der Waals surface area contributed by atoms with Gasteiger partial charge < -0.3 is 0 Å². The summed E-state index contributed by atoms with van der Waals surface area (Å²) >= 11 is 6.87. The fraction of sp³-hybridized carbons (Fsp3) is 1.00. The second-order valence-corrected chi connectivity index (χ2v) is 3.56. The highest BCUT2D eigenvalue weighted by Gasteiger charge is 2.07. The second-order valence-electron chi connectivity index (χ2n) is 2.26. The van der Waals surface area contributed by atoms with Gasteiger partial charge in [0.15, 0.2) is 0 Å². The molecule has 2 heteroatoms. The van der Waals surface area contributed by atoms with E-state index in [0.717, 1.165) is 22.5 Å². The van der Waals surface area contributed by atoms with Crippen LogP contribution in [0.1, 0.15) is 13.8 Å². The van der Waals surface area contributed by atoms with Gasteiger partial charge in [-0.3, -0.25) is 0 Å². The summed E-state index contributed by atoms with van der Waals surface area (Å²) in [6, 6.07) is 0. The predicted molar refractivity (Wildman–Crippen MR) is 45.9 cm³/mol. The lowest BCUT2D eigenvalue weighted by Crippen LogP contribution is -2.09. The first kappa shape index (κ1) is 8.96. The highest BCUT2D eigenvalue weighted by Crippen LogP contribution is 2.14. The van der Waals surface area contributed by atoms with Gasteiger partial charge in [0, 0.05) is 10.7 Å². The summed E-state index contributed by atoms with van der Waals surface area (Å²) in [6.45, 7) is 4.50. The average Bonchev–Trinajstić information content (AvgIpc) is 1.84. The average molecular weight is 244 g/mol. The van der Waals surface area contributed by atoms with E-state index in [4.69, 9.17) is 0 Å². The zero-order chi connectivity index (χ0) is 6.57. The van der Waals surface area contributed by atoms with Crippen LogP contribution in [0.2, 0.25) is 0 Å². The van der Waals surface area contributed by atoms with Crippen LogP contribution in [-0.2, 0) is 0 Å². The van der Waals surface area contributed by atoms with Crippen molar-refractivity contribution in [2.75, 3.05) is 10.7 Å². The molecule has 0 rings (SSSR count). The summed E-state index contributed by atoms with van der Waals surface area (Å²) in [5.74, 6) is 1.57. The van der Waals surface area contributed by atoms with Crippen LogP contribution in [0.3, 0.4) is 0 Å². The van der Waals surface area contributed by atoms with Crippen LogP contribution in [-0.4, -0.2) is 10.7 Å². The Morgan fingerprint density at radius 1 is 1.00 bits per heavy atom. The Labute approximate surface area is 68.3 Å². The van der Waals surface area contributed by atoms with Crippen LogP contribution in [0.5, 0.6) is 0 Å². The molecule has 0 heterocycles. The van der Waals surface area contributed by atoms with Crippen molar-refractivity contribution in [2.45, 2.75) is 13.8 Å². The van der Waals surface area contributed by atoms with Gasteiger partial charge in [0.25, 0.3) is 0 Å². The van der Waals surface area contributed by atoms with Crippen molar-refractivity contribution in [3.63, 3.8) is 0 Å². The van der Waals surface area contributed by atoms with E-state index in [1.165, 1.54) is 0 Å². The highest BCUT2D eigenvalue weighted by atomic mass is 79.9. The lowest BCUT2D eigenvalue weighted by Gasteiger charge is -2.12. The molecule has 8 heavy (non-hydrogen) atoms. The van der Waals surface area contributed by atoms with Crippen molar-refractivity contribution >= 4 is 31.9 Å². The van der Waals surface area contributed by atoms with Gasteiger partial charge in [0.2, 0.25) is 0 Å². The Bertz CT molecular complexity index is 46.5. The van der Waals surface area contributed by atoms with E-state index < -0.39 is 0 Å². The number of hydrogen-bond donors (Lipinski definition) is 0. The van der Waals surface area contributed by atoms with Gasteiger partial charge in [-0.2, -0.15) is 0 Å². The van der Waals surface area contributed by atoms with E-state index in [9.17, 15) is 0 Å². The Morgan fingerprint density at radius 2 is 1.25 bits per heavy atom. The molecule has 0 aliphatic rings. The molecule has 0 aromatic heterocycles. The molecule has 0 aliphatic heterocycles. The second kappa shape index (κ2) is 4.80. The van der Waals surface area contributed by atoms with Crippen molar-refractivity contribution < 1.29 is 0 Å². The van der Waals surface area contributed by atoms with Crippen molar-refractivity contribution in [3.05, 3.63) is 0 Å². The standard InChI is InChI=1S/C6H12Br2/c1-5(3-7)6(2)4-8/h5-6H,3-4H2,1-2H3/t5-,6-/m0/s1. The summed E-state index contributed by atoms with van der Waals surface area (Å²) in [4.78, 5) is 0. The molecule has 0 aromatic rings. The maximum absolute atomic E-state index is 3.44. The van der Waals surface area contributed by atoms with Gasteiger partial charge in [0.1, 0.15) is 0 Å². The number of halogens is 2. The first-order valence-corrected chi connectivity index (χ1v) is 5.08. The van der Waals surface area contributed by atoms with Gasteiger partial charge in [-0.1, -0.05) is 45.7 Å². The molecule has 0 bridgehead atoms. The minimum atomic E-state index is 0.786. The molecule has 0 N–H and O–H groups in total. The predicted octanol–water partition coefficient (Wildman–Crippen LogP) is 3.05. The smallest absolute Gasteiger partial charge is 0.00598 e. The maximum Gasteiger partial charge on any atom is 0.00598 e. The first-order valence-electron chi connectivity index (χ1n) is 2.84. The largest absolute Gasteiger partial charge is 0.0925 e. The highest BCUT2D eigenvalue weighted by molar-refractivity contribution is 9.09. The number of hydrogen-bond acceptors (Lipinski definition) is 0. The number of alkyl halides is 2. The van der Waals surface area contributed by atoms with Crippen LogP contribution in [0.4, 0.5) is 0 Å². The summed E-state index contributed by atoms with van der Waals surface area (Å²) in [5, 5.41) is 2.22. The van der Waals surface area contributed by atoms with Gasteiger partial charge in [0.05, 0.1) is 0 Å². The summed E-state index contributed by atoms with van der Waals surface area (Å²) in [5.41, 5.74) is 0.